The molecule has 9 nitrogen and oxygen atoms in total. The molecule has 1 atom stereocenters. The maximum atomic E-state index is 12.4. The van der Waals surface area contributed by atoms with E-state index >= 15 is 0 Å². The van der Waals surface area contributed by atoms with Gasteiger partial charge in [-0.25, -0.2) is 4.98 Å². The second kappa shape index (κ2) is 5.86. The van der Waals surface area contributed by atoms with E-state index in [1.54, 1.807) is 25.4 Å². The Morgan fingerprint density at radius 3 is 3.04 bits per heavy atom. The molecule has 3 aromatic rings. The number of aryl methyl sites for hydroxylation is 1. The van der Waals surface area contributed by atoms with Crippen LogP contribution in [-0.2, 0) is 11.8 Å². The van der Waals surface area contributed by atoms with Crippen molar-refractivity contribution in [2.24, 2.45) is 7.05 Å². The van der Waals surface area contributed by atoms with Crippen LogP contribution in [0.3, 0.4) is 0 Å². The van der Waals surface area contributed by atoms with Gasteiger partial charge in [-0.2, -0.15) is 5.10 Å². The molecule has 4 rings (SSSR count). The zero-order chi connectivity index (χ0) is 17.4. The number of carbonyl (C=O) groups excluding carboxylic acids is 2. The van der Waals surface area contributed by atoms with Crippen molar-refractivity contribution in [2.75, 3.05) is 10.6 Å². The highest BCUT2D eigenvalue weighted by molar-refractivity contribution is 6.04. The second-order valence-corrected chi connectivity index (χ2v) is 5.60. The molecule has 0 aliphatic carbocycles. The molecule has 0 aromatic carbocycles. The molecule has 1 aliphatic rings. The van der Waals surface area contributed by atoms with E-state index in [0.717, 1.165) is 0 Å². The summed E-state index contributed by atoms with van der Waals surface area (Å²) in [5, 5.41) is 9.87. The molecular formula is C16H14N6O3. The van der Waals surface area contributed by atoms with Gasteiger partial charge in [-0.15, -0.1) is 0 Å². The van der Waals surface area contributed by atoms with Crippen molar-refractivity contribution in [3.8, 4) is 0 Å². The Labute approximate surface area is 142 Å². The smallest absolute Gasteiger partial charge is 0.277 e. The molecule has 4 heterocycles. The largest absolute Gasteiger partial charge is 0.469 e. The van der Waals surface area contributed by atoms with E-state index in [0.29, 0.717) is 23.0 Å². The summed E-state index contributed by atoms with van der Waals surface area (Å²) in [7, 11) is 1.70. The number of nitrogens with one attached hydrogen (secondary N) is 2. The minimum Gasteiger partial charge on any atom is -0.469 e. The molecule has 0 fully saturated rings. The van der Waals surface area contributed by atoms with Crippen LogP contribution in [0.5, 0.6) is 0 Å². The zero-order valence-corrected chi connectivity index (χ0v) is 13.3. The third-order valence-electron chi connectivity index (χ3n) is 3.99. The lowest BCUT2D eigenvalue weighted by Gasteiger charge is -2.22. The van der Waals surface area contributed by atoms with Crippen molar-refractivity contribution in [1.29, 1.82) is 0 Å². The lowest BCUT2D eigenvalue weighted by Crippen LogP contribution is -2.25. The van der Waals surface area contributed by atoms with Crippen molar-refractivity contribution in [2.45, 2.75) is 12.3 Å². The van der Waals surface area contributed by atoms with Crippen LogP contribution in [0, 0.1) is 0 Å². The van der Waals surface area contributed by atoms with Gasteiger partial charge in [-0.1, -0.05) is 0 Å². The Hall–Kier alpha value is -3.49. The van der Waals surface area contributed by atoms with Gasteiger partial charge >= 0.3 is 0 Å². The normalized spacial score (nSPS) is 16.2. The molecule has 0 radical (unpaired) electrons. The molecule has 2 N–H and O–H groups in total. The Morgan fingerprint density at radius 2 is 2.32 bits per heavy atom. The van der Waals surface area contributed by atoms with E-state index in [1.165, 1.54) is 23.3 Å². The van der Waals surface area contributed by atoms with Crippen LogP contribution < -0.4 is 10.6 Å². The molecule has 9 heteroatoms. The first kappa shape index (κ1) is 15.1. The number of hydrogen-bond donors (Lipinski definition) is 2. The fourth-order valence-electron chi connectivity index (χ4n) is 2.90. The van der Waals surface area contributed by atoms with Crippen LogP contribution in [0.15, 0.2) is 41.4 Å². The molecule has 2 amide bonds. The van der Waals surface area contributed by atoms with E-state index in [1.807, 2.05) is 0 Å². The predicted molar refractivity (Wildman–Crippen MR) is 87.0 cm³/mol. The zero-order valence-electron chi connectivity index (χ0n) is 13.3. The lowest BCUT2D eigenvalue weighted by molar-refractivity contribution is -0.116. The summed E-state index contributed by atoms with van der Waals surface area (Å²) in [5.41, 5.74) is 0.880. The molecule has 0 spiro atoms. The Kier molecular flexibility index (Phi) is 3.53. The average molecular weight is 338 g/mol. The van der Waals surface area contributed by atoms with Gasteiger partial charge in [0.2, 0.25) is 5.91 Å². The van der Waals surface area contributed by atoms with Gasteiger partial charge in [-0.3, -0.25) is 19.3 Å². The Bertz CT molecular complexity index is 932. The maximum Gasteiger partial charge on any atom is 0.277 e. The summed E-state index contributed by atoms with van der Waals surface area (Å²) < 4.78 is 7.00. The number of amides is 2. The highest BCUT2D eigenvalue weighted by atomic mass is 16.3. The van der Waals surface area contributed by atoms with Crippen LogP contribution >= 0.6 is 0 Å². The van der Waals surface area contributed by atoms with Gasteiger partial charge in [-0.05, 0) is 12.1 Å². The average Bonchev–Trinajstić information content (AvgIpc) is 3.24. The van der Waals surface area contributed by atoms with Crippen LogP contribution in [0.2, 0.25) is 0 Å². The number of fused-ring (bicyclic) bond motifs is 1. The topological polar surface area (TPSA) is 115 Å². The van der Waals surface area contributed by atoms with E-state index in [-0.39, 0.29) is 23.9 Å². The number of hydrogen-bond acceptors (Lipinski definition) is 6. The third-order valence-corrected chi connectivity index (χ3v) is 3.99. The lowest BCUT2D eigenvalue weighted by atomic mass is 9.91. The van der Waals surface area contributed by atoms with Gasteiger partial charge in [0.1, 0.15) is 17.3 Å². The Morgan fingerprint density at radius 1 is 1.44 bits per heavy atom. The number of rotatable bonds is 3. The quantitative estimate of drug-likeness (QED) is 0.748. The summed E-state index contributed by atoms with van der Waals surface area (Å²) in [6, 6.07) is 3.56. The summed E-state index contributed by atoms with van der Waals surface area (Å²) in [6.45, 7) is 0. The van der Waals surface area contributed by atoms with Gasteiger partial charge in [0.05, 0.1) is 23.9 Å². The summed E-state index contributed by atoms with van der Waals surface area (Å²) >= 11 is 0. The molecule has 0 bridgehead atoms. The standard InChI is InChI=1S/C16H14N6O3/c1-22-15-13(9(7-12(23)19-15)11-3-2-6-25-11)14(21-22)20-16(24)10-8-17-4-5-18-10/h2-6,8-9H,7H2,1H3,(H,19,23)(H,20,21,24)/t9-/m0/s1. The third kappa shape index (κ3) is 2.65. The number of aromatic nitrogens is 4. The van der Waals surface area contributed by atoms with Gasteiger partial charge in [0, 0.05) is 25.9 Å². The maximum absolute atomic E-state index is 12.4. The first-order valence-electron chi connectivity index (χ1n) is 7.61. The molecule has 0 saturated heterocycles. The van der Waals surface area contributed by atoms with Crippen molar-refractivity contribution in [1.82, 2.24) is 19.7 Å². The molecule has 0 unspecified atom stereocenters. The monoisotopic (exact) mass is 338 g/mol. The van der Waals surface area contributed by atoms with Crippen LogP contribution in [-0.4, -0.2) is 31.6 Å². The molecule has 0 saturated carbocycles. The first-order chi connectivity index (χ1) is 12.1. The van der Waals surface area contributed by atoms with E-state index in [2.05, 4.69) is 25.7 Å². The van der Waals surface area contributed by atoms with Crippen molar-refractivity contribution in [3.05, 3.63) is 54.0 Å². The fourth-order valence-corrected chi connectivity index (χ4v) is 2.90. The van der Waals surface area contributed by atoms with Gasteiger partial charge in [0.25, 0.3) is 5.91 Å². The molecule has 1 aliphatic heterocycles. The fraction of sp³-hybridized carbons (Fsp3) is 0.188. The van der Waals surface area contributed by atoms with Crippen LogP contribution in [0.4, 0.5) is 11.6 Å². The number of furan rings is 1. The summed E-state index contributed by atoms with van der Waals surface area (Å²) in [5.74, 6) is 0.637. The first-order valence-corrected chi connectivity index (χ1v) is 7.61. The predicted octanol–water partition coefficient (Wildman–Crippen LogP) is 1.53. The molecular weight excluding hydrogens is 324 g/mol. The van der Waals surface area contributed by atoms with Crippen molar-refractivity contribution >= 4 is 23.5 Å². The number of anilines is 2. The minimum absolute atomic E-state index is 0.135. The van der Waals surface area contributed by atoms with E-state index in [9.17, 15) is 9.59 Å². The van der Waals surface area contributed by atoms with E-state index in [4.69, 9.17) is 4.42 Å². The molecule has 25 heavy (non-hydrogen) atoms. The van der Waals surface area contributed by atoms with Crippen molar-refractivity contribution < 1.29 is 14.0 Å². The molecule has 126 valence electrons. The SMILES string of the molecule is Cn1nc(NC(=O)c2cnccn2)c2c1NC(=O)C[C@H]2c1ccco1. The summed E-state index contributed by atoms with van der Waals surface area (Å²) in [6.07, 6.45) is 6.06. The summed E-state index contributed by atoms with van der Waals surface area (Å²) in [4.78, 5) is 32.3. The Balaban J connectivity index is 1.74. The molecule has 3 aromatic heterocycles. The van der Waals surface area contributed by atoms with E-state index < -0.39 is 5.91 Å². The van der Waals surface area contributed by atoms with Gasteiger partial charge in [0.15, 0.2) is 5.82 Å². The van der Waals surface area contributed by atoms with Crippen molar-refractivity contribution in [3.63, 3.8) is 0 Å². The highest BCUT2D eigenvalue weighted by Gasteiger charge is 2.35. The highest BCUT2D eigenvalue weighted by Crippen LogP contribution is 2.41. The number of nitrogens with zero attached hydrogens (tertiary/aromatic N) is 4. The second-order valence-electron chi connectivity index (χ2n) is 5.60. The van der Waals surface area contributed by atoms with Gasteiger partial charge < -0.3 is 15.1 Å². The van der Waals surface area contributed by atoms with Crippen LogP contribution in [0.1, 0.15) is 34.2 Å². The van der Waals surface area contributed by atoms with Crippen LogP contribution in [0.25, 0.3) is 0 Å². The minimum atomic E-state index is -0.427. The number of carbonyl (C=O) groups is 2.